The molecule has 1 aliphatic heterocycles. The van der Waals surface area contributed by atoms with E-state index in [-0.39, 0.29) is 30.3 Å². The lowest BCUT2D eigenvalue weighted by Crippen LogP contribution is -2.40. The van der Waals surface area contributed by atoms with Gasteiger partial charge in [-0.1, -0.05) is 6.07 Å². The van der Waals surface area contributed by atoms with E-state index in [4.69, 9.17) is 9.47 Å². The molecule has 0 aliphatic carbocycles. The third kappa shape index (κ3) is 5.26. The first kappa shape index (κ1) is 20.3. The van der Waals surface area contributed by atoms with Crippen molar-refractivity contribution in [1.82, 2.24) is 4.31 Å². The van der Waals surface area contributed by atoms with E-state index in [0.717, 1.165) is 0 Å². The molecule has 0 aromatic heterocycles. The van der Waals surface area contributed by atoms with Gasteiger partial charge in [-0.2, -0.15) is 4.31 Å². The molecule has 8 nitrogen and oxygen atoms in total. The van der Waals surface area contributed by atoms with Crippen molar-refractivity contribution in [1.29, 1.82) is 0 Å². The molecule has 1 N–H and O–H groups in total. The van der Waals surface area contributed by atoms with Gasteiger partial charge in [0.1, 0.15) is 0 Å². The first-order valence-corrected chi connectivity index (χ1v) is 9.92. The number of rotatable bonds is 7. The van der Waals surface area contributed by atoms with Crippen LogP contribution < -0.4 is 5.32 Å². The quantitative estimate of drug-likeness (QED) is 0.711. The first-order valence-electron chi connectivity index (χ1n) is 8.48. The highest BCUT2D eigenvalue weighted by Gasteiger charge is 2.28. The molecular formula is C17H24N2O6S. The smallest absolute Gasteiger partial charge is 0.306 e. The lowest BCUT2D eigenvalue weighted by molar-refractivity contribution is -0.144. The zero-order chi connectivity index (χ0) is 19.2. The van der Waals surface area contributed by atoms with Gasteiger partial charge in [0.05, 0.1) is 31.1 Å². The second-order valence-corrected chi connectivity index (χ2v) is 7.76. The molecule has 0 saturated carbocycles. The average molecular weight is 384 g/mol. The molecule has 26 heavy (non-hydrogen) atoms. The summed E-state index contributed by atoms with van der Waals surface area (Å²) in [6, 6.07) is 4.73. The SMILES string of the molecule is CCOC(=O)CCC(=O)Nc1ccc(C)c(S(=O)(=O)N2CCOCC2)c1. The number of esters is 1. The number of aryl methyl sites for hydroxylation is 1. The summed E-state index contributed by atoms with van der Waals surface area (Å²) in [6.45, 7) is 5.00. The summed E-state index contributed by atoms with van der Waals surface area (Å²) in [5, 5.41) is 2.63. The van der Waals surface area contributed by atoms with Crippen LogP contribution in [0.3, 0.4) is 0 Å². The van der Waals surface area contributed by atoms with E-state index in [1.165, 1.54) is 10.4 Å². The number of morpholine rings is 1. The number of amides is 1. The second kappa shape index (κ2) is 9.11. The molecule has 0 atom stereocenters. The molecule has 0 spiro atoms. The molecule has 2 rings (SSSR count). The average Bonchev–Trinajstić information content (AvgIpc) is 2.62. The lowest BCUT2D eigenvalue weighted by Gasteiger charge is -2.26. The molecular weight excluding hydrogens is 360 g/mol. The van der Waals surface area contributed by atoms with Gasteiger partial charge in [0.2, 0.25) is 15.9 Å². The van der Waals surface area contributed by atoms with Gasteiger partial charge in [0, 0.05) is 25.2 Å². The third-order valence-electron chi connectivity index (χ3n) is 3.92. The van der Waals surface area contributed by atoms with Gasteiger partial charge in [-0.3, -0.25) is 9.59 Å². The molecule has 1 aromatic carbocycles. The largest absolute Gasteiger partial charge is 0.466 e. The standard InChI is InChI=1S/C17H24N2O6S/c1-3-25-17(21)7-6-16(20)18-14-5-4-13(2)15(12-14)26(22,23)19-8-10-24-11-9-19/h4-5,12H,3,6-11H2,1-2H3,(H,18,20). The Morgan fingerprint density at radius 2 is 1.92 bits per heavy atom. The van der Waals surface area contributed by atoms with Crippen molar-refractivity contribution in [3.63, 3.8) is 0 Å². The van der Waals surface area contributed by atoms with Crippen LogP contribution in [-0.2, 0) is 29.1 Å². The van der Waals surface area contributed by atoms with Gasteiger partial charge < -0.3 is 14.8 Å². The van der Waals surface area contributed by atoms with Crippen LogP contribution in [0.2, 0.25) is 0 Å². The lowest BCUT2D eigenvalue weighted by atomic mass is 10.2. The van der Waals surface area contributed by atoms with Crippen LogP contribution in [0.4, 0.5) is 5.69 Å². The van der Waals surface area contributed by atoms with E-state index in [1.807, 2.05) is 0 Å². The van der Waals surface area contributed by atoms with Crippen LogP contribution in [0.1, 0.15) is 25.3 Å². The van der Waals surface area contributed by atoms with Crippen molar-refractivity contribution in [3.8, 4) is 0 Å². The zero-order valence-corrected chi connectivity index (χ0v) is 15.8. The number of carbonyl (C=O) groups excluding carboxylic acids is 2. The predicted molar refractivity (Wildman–Crippen MR) is 95.3 cm³/mol. The summed E-state index contributed by atoms with van der Waals surface area (Å²) in [6.07, 6.45) is -0.0529. The number of nitrogens with one attached hydrogen (secondary N) is 1. The Balaban J connectivity index is 2.09. The molecule has 1 aromatic rings. The molecule has 144 valence electrons. The Hall–Kier alpha value is -1.97. The maximum atomic E-state index is 12.8. The van der Waals surface area contributed by atoms with E-state index in [1.54, 1.807) is 26.0 Å². The van der Waals surface area contributed by atoms with Crippen LogP contribution in [0.15, 0.2) is 23.1 Å². The van der Waals surface area contributed by atoms with Crippen molar-refractivity contribution < 1.29 is 27.5 Å². The molecule has 1 saturated heterocycles. The van der Waals surface area contributed by atoms with Crippen molar-refractivity contribution >= 4 is 27.6 Å². The van der Waals surface area contributed by atoms with Crippen LogP contribution in [0, 0.1) is 6.92 Å². The summed E-state index contributed by atoms with van der Waals surface area (Å²) in [4.78, 5) is 23.4. The van der Waals surface area contributed by atoms with Crippen molar-refractivity contribution in [3.05, 3.63) is 23.8 Å². The Labute approximate surface area is 153 Å². The Morgan fingerprint density at radius 3 is 2.58 bits per heavy atom. The fourth-order valence-electron chi connectivity index (χ4n) is 2.55. The van der Waals surface area contributed by atoms with Gasteiger partial charge in [0.25, 0.3) is 0 Å². The summed E-state index contributed by atoms with van der Waals surface area (Å²) >= 11 is 0. The van der Waals surface area contributed by atoms with Gasteiger partial charge in [-0.25, -0.2) is 8.42 Å². The van der Waals surface area contributed by atoms with E-state index >= 15 is 0 Å². The van der Waals surface area contributed by atoms with Gasteiger partial charge in [-0.05, 0) is 31.5 Å². The molecule has 1 fully saturated rings. The van der Waals surface area contributed by atoms with Crippen LogP contribution in [0.25, 0.3) is 0 Å². The molecule has 1 aliphatic rings. The minimum Gasteiger partial charge on any atom is -0.466 e. The topological polar surface area (TPSA) is 102 Å². The number of hydrogen-bond donors (Lipinski definition) is 1. The number of sulfonamides is 1. The molecule has 1 heterocycles. The minimum atomic E-state index is -3.66. The molecule has 0 unspecified atom stereocenters. The number of benzene rings is 1. The maximum Gasteiger partial charge on any atom is 0.306 e. The number of carbonyl (C=O) groups is 2. The highest BCUT2D eigenvalue weighted by atomic mass is 32.2. The second-order valence-electron chi connectivity index (χ2n) is 5.85. The molecule has 0 radical (unpaired) electrons. The Kier molecular flexibility index (Phi) is 7.13. The molecule has 0 bridgehead atoms. The summed E-state index contributed by atoms with van der Waals surface area (Å²) < 4.78 is 37.0. The van der Waals surface area contributed by atoms with Crippen LogP contribution in [-0.4, -0.2) is 57.5 Å². The fourth-order valence-corrected chi connectivity index (χ4v) is 4.21. The summed E-state index contributed by atoms with van der Waals surface area (Å²) in [5.41, 5.74) is 0.970. The van der Waals surface area contributed by atoms with Crippen molar-refractivity contribution in [2.75, 3.05) is 38.2 Å². The zero-order valence-electron chi connectivity index (χ0n) is 15.0. The van der Waals surface area contributed by atoms with Crippen molar-refractivity contribution in [2.24, 2.45) is 0 Å². The van der Waals surface area contributed by atoms with Gasteiger partial charge in [0.15, 0.2) is 0 Å². The van der Waals surface area contributed by atoms with E-state index in [2.05, 4.69) is 5.32 Å². The maximum absolute atomic E-state index is 12.8. The normalized spacial score (nSPS) is 15.5. The highest BCUT2D eigenvalue weighted by molar-refractivity contribution is 7.89. The number of hydrogen-bond acceptors (Lipinski definition) is 6. The highest BCUT2D eigenvalue weighted by Crippen LogP contribution is 2.24. The number of nitrogens with zero attached hydrogens (tertiary/aromatic N) is 1. The van der Waals surface area contributed by atoms with Gasteiger partial charge in [-0.15, -0.1) is 0 Å². The van der Waals surface area contributed by atoms with Crippen LogP contribution in [0.5, 0.6) is 0 Å². The van der Waals surface area contributed by atoms with E-state index in [0.29, 0.717) is 37.6 Å². The number of anilines is 1. The van der Waals surface area contributed by atoms with Gasteiger partial charge >= 0.3 is 5.97 Å². The molecule has 9 heteroatoms. The monoisotopic (exact) mass is 384 g/mol. The first-order chi connectivity index (χ1) is 12.3. The Morgan fingerprint density at radius 1 is 1.23 bits per heavy atom. The summed E-state index contributed by atoms with van der Waals surface area (Å²) in [5.74, 6) is -0.821. The number of ether oxygens (including phenoxy) is 2. The third-order valence-corrected chi connectivity index (χ3v) is 5.96. The van der Waals surface area contributed by atoms with Crippen LogP contribution >= 0.6 is 0 Å². The van der Waals surface area contributed by atoms with E-state index < -0.39 is 16.0 Å². The minimum absolute atomic E-state index is 0.0233. The Bertz CT molecular complexity index is 757. The van der Waals surface area contributed by atoms with Crippen molar-refractivity contribution in [2.45, 2.75) is 31.6 Å². The summed E-state index contributed by atoms with van der Waals surface area (Å²) in [7, 11) is -3.66. The fraction of sp³-hybridized carbons (Fsp3) is 0.529. The predicted octanol–water partition coefficient (Wildman–Crippen LogP) is 1.30. The van der Waals surface area contributed by atoms with E-state index in [9.17, 15) is 18.0 Å². The molecule has 1 amide bonds.